The van der Waals surface area contributed by atoms with Gasteiger partial charge in [-0.3, -0.25) is 0 Å². The molecule has 0 fully saturated rings. The number of hydrogen-bond donors (Lipinski definition) is 2. The van der Waals surface area contributed by atoms with Gasteiger partial charge in [0.25, 0.3) is 5.92 Å². The minimum absolute atomic E-state index is 0.151. The highest BCUT2D eigenvalue weighted by molar-refractivity contribution is 9.10. The molecular weight excluding hydrogens is 284 g/mol. The molecule has 1 unspecified atom stereocenters. The normalized spacial score (nSPS) is 15.6. The van der Waals surface area contributed by atoms with Crippen LogP contribution in [0.15, 0.2) is 28.7 Å². The Morgan fingerprint density at radius 1 is 1.50 bits per heavy atom. The minimum atomic E-state index is -3.57. The molecule has 0 aromatic heterocycles. The number of hydrogen-bond acceptors (Lipinski definition) is 2. The Morgan fingerprint density at radius 3 is 2.44 bits per heavy atom. The number of carboxylic acids is 1. The van der Waals surface area contributed by atoms with E-state index in [9.17, 15) is 13.6 Å². The fourth-order valence-electron chi connectivity index (χ4n) is 1.30. The molecule has 0 spiro atoms. The Labute approximate surface area is 99.4 Å². The van der Waals surface area contributed by atoms with E-state index >= 15 is 0 Å². The lowest BCUT2D eigenvalue weighted by atomic mass is 9.85. The average molecular weight is 294 g/mol. The molecule has 3 N–H and O–H groups in total. The molecule has 0 amide bonds. The third-order valence-electron chi connectivity index (χ3n) is 2.31. The summed E-state index contributed by atoms with van der Waals surface area (Å²) in [7, 11) is 0. The van der Waals surface area contributed by atoms with E-state index < -0.39 is 17.4 Å². The van der Waals surface area contributed by atoms with Crippen LogP contribution >= 0.6 is 15.9 Å². The molecule has 0 saturated carbocycles. The molecule has 3 nitrogen and oxygen atoms in total. The Balaban J connectivity index is 3.39. The van der Waals surface area contributed by atoms with Crippen LogP contribution in [0.5, 0.6) is 0 Å². The number of nitrogens with two attached hydrogens (primary N) is 1. The van der Waals surface area contributed by atoms with Crippen LogP contribution in [0, 0.1) is 0 Å². The van der Waals surface area contributed by atoms with Crippen molar-refractivity contribution in [3.05, 3.63) is 34.3 Å². The maximum atomic E-state index is 13.3. The van der Waals surface area contributed by atoms with E-state index in [2.05, 4.69) is 15.9 Å². The summed E-state index contributed by atoms with van der Waals surface area (Å²) in [6.45, 7) is 0.488. The van der Waals surface area contributed by atoms with E-state index in [1.165, 1.54) is 18.2 Å². The topological polar surface area (TPSA) is 63.3 Å². The molecule has 1 rings (SSSR count). The summed E-state index contributed by atoms with van der Waals surface area (Å²) in [5.74, 6) is -5.34. The largest absolute Gasteiger partial charge is 0.479 e. The molecule has 0 bridgehead atoms. The van der Waals surface area contributed by atoms with E-state index in [0.717, 1.165) is 0 Å². The van der Waals surface area contributed by atoms with Crippen LogP contribution in [0.25, 0.3) is 0 Å². The fourth-order valence-corrected chi connectivity index (χ4v) is 1.70. The molecule has 16 heavy (non-hydrogen) atoms. The van der Waals surface area contributed by atoms with Gasteiger partial charge in [-0.05, 0) is 17.7 Å². The van der Waals surface area contributed by atoms with E-state index in [4.69, 9.17) is 10.8 Å². The first-order valence-electron chi connectivity index (χ1n) is 4.35. The summed E-state index contributed by atoms with van der Waals surface area (Å²) in [6, 6.07) is 5.58. The van der Waals surface area contributed by atoms with Crippen molar-refractivity contribution < 1.29 is 18.7 Å². The molecule has 0 aliphatic carbocycles. The Morgan fingerprint density at radius 2 is 2.06 bits per heavy atom. The monoisotopic (exact) mass is 293 g/mol. The second-order valence-electron chi connectivity index (χ2n) is 3.51. The van der Waals surface area contributed by atoms with Gasteiger partial charge >= 0.3 is 5.97 Å². The Hall–Kier alpha value is -1.01. The highest BCUT2D eigenvalue weighted by Gasteiger charge is 2.54. The standard InChI is InChI=1S/C10H10BrF2NO2/c1-9(12,13)10(14,8(15)16)6-3-2-4-7(11)5-6/h2-5H,14H2,1H3,(H,15,16). The third-order valence-corrected chi connectivity index (χ3v) is 2.80. The molecule has 0 aliphatic rings. The van der Waals surface area contributed by atoms with Gasteiger partial charge in [0.05, 0.1) is 0 Å². The van der Waals surface area contributed by atoms with Crippen molar-refractivity contribution in [2.24, 2.45) is 5.73 Å². The molecule has 88 valence electrons. The highest BCUT2D eigenvalue weighted by atomic mass is 79.9. The number of carboxylic acid groups (broad SMARTS) is 1. The highest BCUT2D eigenvalue weighted by Crippen LogP contribution is 2.36. The van der Waals surface area contributed by atoms with Gasteiger partial charge in [0, 0.05) is 11.4 Å². The van der Waals surface area contributed by atoms with Crippen molar-refractivity contribution in [2.45, 2.75) is 18.4 Å². The van der Waals surface area contributed by atoms with Gasteiger partial charge in [0.1, 0.15) is 0 Å². The lowest BCUT2D eigenvalue weighted by molar-refractivity contribution is -0.160. The van der Waals surface area contributed by atoms with Gasteiger partial charge in [0.15, 0.2) is 0 Å². The quantitative estimate of drug-likeness (QED) is 0.899. The van der Waals surface area contributed by atoms with Crippen LogP contribution in [0.1, 0.15) is 12.5 Å². The van der Waals surface area contributed by atoms with Crippen LogP contribution < -0.4 is 5.73 Å². The summed E-state index contributed by atoms with van der Waals surface area (Å²) in [5, 5.41) is 8.89. The number of rotatable bonds is 3. The van der Waals surface area contributed by atoms with Crippen LogP contribution in [-0.4, -0.2) is 17.0 Å². The lowest BCUT2D eigenvalue weighted by Crippen LogP contribution is -2.57. The van der Waals surface area contributed by atoms with Crippen LogP contribution in [0.4, 0.5) is 8.78 Å². The van der Waals surface area contributed by atoms with E-state index in [0.29, 0.717) is 11.4 Å². The molecule has 1 aromatic carbocycles. The second kappa shape index (κ2) is 4.10. The summed E-state index contributed by atoms with van der Waals surface area (Å²) in [5.41, 5.74) is 2.46. The molecule has 1 atom stereocenters. The lowest BCUT2D eigenvalue weighted by Gasteiger charge is -2.31. The Bertz CT molecular complexity index is 420. The van der Waals surface area contributed by atoms with E-state index in [1.807, 2.05) is 0 Å². The zero-order valence-corrected chi connectivity index (χ0v) is 9.96. The average Bonchev–Trinajstić information content (AvgIpc) is 2.14. The first-order valence-corrected chi connectivity index (χ1v) is 5.15. The second-order valence-corrected chi connectivity index (χ2v) is 4.43. The van der Waals surface area contributed by atoms with E-state index in [-0.39, 0.29) is 5.56 Å². The van der Waals surface area contributed by atoms with Crippen LogP contribution in [0.3, 0.4) is 0 Å². The molecule has 1 aromatic rings. The van der Waals surface area contributed by atoms with Gasteiger partial charge in [-0.15, -0.1) is 0 Å². The summed E-state index contributed by atoms with van der Waals surface area (Å²) < 4.78 is 27.1. The van der Waals surface area contributed by atoms with Crippen molar-refractivity contribution >= 4 is 21.9 Å². The molecule has 6 heteroatoms. The van der Waals surface area contributed by atoms with Crippen molar-refractivity contribution in [3.8, 4) is 0 Å². The van der Waals surface area contributed by atoms with Crippen molar-refractivity contribution in [1.82, 2.24) is 0 Å². The molecular formula is C10H10BrF2NO2. The van der Waals surface area contributed by atoms with Crippen molar-refractivity contribution in [3.63, 3.8) is 0 Å². The van der Waals surface area contributed by atoms with Crippen LogP contribution in [-0.2, 0) is 10.3 Å². The summed E-state index contributed by atoms with van der Waals surface area (Å²) in [6.07, 6.45) is 0. The van der Waals surface area contributed by atoms with Gasteiger partial charge in [-0.25, -0.2) is 13.6 Å². The zero-order valence-electron chi connectivity index (χ0n) is 8.38. The number of alkyl halides is 2. The van der Waals surface area contributed by atoms with Gasteiger partial charge in [-0.2, -0.15) is 0 Å². The molecule has 0 heterocycles. The predicted molar refractivity (Wildman–Crippen MR) is 58.3 cm³/mol. The summed E-state index contributed by atoms with van der Waals surface area (Å²) in [4.78, 5) is 11.0. The predicted octanol–water partition coefficient (Wildman–Crippen LogP) is 2.34. The fraction of sp³-hybridized carbons (Fsp3) is 0.300. The minimum Gasteiger partial charge on any atom is -0.479 e. The zero-order chi connectivity index (χ0) is 12.6. The van der Waals surface area contributed by atoms with Gasteiger partial charge in [-0.1, -0.05) is 28.1 Å². The first-order chi connectivity index (χ1) is 7.19. The summed E-state index contributed by atoms with van der Waals surface area (Å²) >= 11 is 3.08. The van der Waals surface area contributed by atoms with E-state index in [1.54, 1.807) is 6.07 Å². The van der Waals surface area contributed by atoms with Crippen molar-refractivity contribution in [1.29, 1.82) is 0 Å². The molecule has 0 radical (unpaired) electrons. The number of halogens is 3. The number of benzene rings is 1. The van der Waals surface area contributed by atoms with Gasteiger partial charge in [0.2, 0.25) is 5.54 Å². The first kappa shape index (κ1) is 13.1. The maximum absolute atomic E-state index is 13.3. The number of carbonyl (C=O) groups is 1. The SMILES string of the molecule is CC(F)(F)C(N)(C(=O)O)c1cccc(Br)c1. The van der Waals surface area contributed by atoms with Crippen molar-refractivity contribution in [2.75, 3.05) is 0 Å². The number of aliphatic carboxylic acids is 1. The molecule has 0 saturated heterocycles. The van der Waals surface area contributed by atoms with Gasteiger partial charge < -0.3 is 10.8 Å². The van der Waals surface area contributed by atoms with Crippen LogP contribution in [0.2, 0.25) is 0 Å². The smallest absolute Gasteiger partial charge is 0.334 e. The molecule has 0 aliphatic heterocycles. The Kier molecular flexibility index (Phi) is 3.35. The maximum Gasteiger partial charge on any atom is 0.334 e. The third kappa shape index (κ3) is 2.08.